The fourth-order valence-electron chi connectivity index (χ4n) is 7.49. The van der Waals surface area contributed by atoms with E-state index in [1.165, 1.54) is 38.2 Å². The zero-order chi connectivity index (χ0) is 40.9. The van der Waals surface area contributed by atoms with Gasteiger partial charge in [-0.2, -0.15) is 0 Å². The zero-order valence-electron chi connectivity index (χ0n) is 37.2. The number of carbonyl (C=O) groups is 1. The third-order valence-electron chi connectivity index (χ3n) is 12.2. The summed E-state index contributed by atoms with van der Waals surface area (Å²) in [5.74, 6) is 0.801. The minimum absolute atomic E-state index is 0.0503. The first-order chi connectivity index (χ1) is 25.8. The number of Topliss-reactive ketones (excluding diaryl/α,β-unsaturated/α-hetero) is 1. The molecular formula is C50H76O3Si2. The summed E-state index contributed by atoms with van der Waals surface area (Å²) in [5.41, 5.74) is 7.89. The molecular weight excluding hydrogens is 705 g/mol. The second kappa shape index (κ2) is 21.1. The molecule has 2 aromatic carbocycles. The summed E-state index contributed by atoms with van der Waals surface area (Å²) in [6.45, 7) is 30.9. The standard InChI is InChI=1S/C50H76O3Si2/c1-39(2)22-20-24-43(38-53-55(50(9,10)11,45-26-16-14-17-27-45)46-28-18-15-19-29-46)25-21-23-40(3)30-32-44-33-35-48(51)47(42(44)5)34-31-41(4)36-37-52-54(12,13)49(6,7)8/h14-19,22,25-30,36,44H,20-21,23-24,31-35,37-38H2,1-13H3/b40-30+,41-36+,43-25-/t44-/m1/s1. The van der Waals surface area contributed by atoms with Crippen molar-refractivity contribution in [1.82, 2.24) is 0 Å². The molecule has 0 radical (unpaired) electrons. The van der Waals surface area contributed by atoms with Gasteiger partial charge in [-0.25, -0.2) is 0 Å². The van der Waals surface area contributed by atoms with Crippen molar-refractivity contribution in [2.75, 3.05) is 13.2 Å². The highest BCUT2D eigenvalue weighted by atomic mass is 28.4. The molecule has 3 nitrogen and oxygen atoms in total. The first-order valence-corrected chi connectivity index (χ1v) is 25.8. The van der Waals surface area contributed by atoms with Gasteiger partial charge in [0, 0.05) is 6.42 Å². The minimum Gasteiger partial charge on any atom is -0.413 e. The molecule has 1 atom stereocenters. The maximum atomic E-state index is 13.1. The largest absolute Gasteiger partial charge is 0.413 e. The van der Waals surface area contributed by atoms with E-state index in [2.05, 4.69) is 174 Å². The predicted octanol–water partition coefficient (Wildman–Crippen LogP) is 13.4. The molecule has 0 unspecified atom stereocenters. The van der Waals surface area contributed by atoms with Crippen molar-refractivity contribution in [2.24, 2.45) is 5.92 Å². The van der Waals surface area contributed by atoms with Crippen LogP contribution in [0.2, 0.25) is 23.2 Å². The van der Waals surface area contributed by atoms with Crippen LogP contribution in [0.5, 0.6) is 0 Å². The Bertz CT molecular complexity index is 1630. The number of carbonyl (C=O) groups excluding carboxylic acids is 1. The molecule has 0 heterocycles. The highest BCUT2D eigenvalue weighted by molar-refractivity contribution is 6.99. The van der Waals surface area contributed by atoms with E-state index in [1.807, 2.05) is 0 Å². The molecule has 1 aliphatic rings. The van der Waals surface area contributed by atoms with Crippen molar-refractivity contribution >= 4 is 32.8 Å². The Hall–Kier alpha value is -2.84. The molecule has 0 fully saturated rings. The van der Waals surface area contributed by atoms with E-state index in [1.54, 1.807) is 0 Å². The van der Waals surface area contributed by atoms with E-state index >= 15 is 0 Å². The average Bonchev–Trinajstić information content (AvgIpc) is 3.11. The Kier molecular flexibility index (Phi) is 17.8. The van der Waals surface area contributed by atoms with E-state index in [9.17, 15) is 4.79 Å². The summed E-state index contributed by atoms with van der Waals surface area (Å²) in [6, 6.07) is 22.0. The monoisotopic (exact) mass is 781 g/mol. The molecule has 302 valence electrons. The van der Waals surface area contributed by atoms with Gasteiger partial charge in [0.05, 0.1) is 13.2 Å². The first kappa shape index (κ1) is 46.5. The fourth-order valence-corrected chi connectivity index (χ4v) is 13.0. The Balaban J connectivity index is 1.71. The summed E-state index contributed by atoms with van der Waals surface area (Å²) in [7, 11) is -4.38. The third kappa shape index (κ3) is 13.7. The molecule has 0 amide bonds. The Morgan fingerprint density at radius 3 is 1.84 bits per heavy atom. The van der Waals surface area contributed by atoms with E-state index in [-0.39, 0.29) is 10.1 Å². The molecule has 0 spiro atoms. The van der Waals surface area contributed by atoms with E-state index in [4.69, 9.17) is 8.85 Å². The number of hydrogen-bond donors (Lipinski definition) is 0. The quantitative estimate of drug-likeness (QED) is 0.105. The van der Waals surface area contributed by atoms with E-state index in [0.717, 1.165) is 56.9 Å². The zero-order valence-corrected chi connectivity index (χ0v) is 39.2. The lowest BCUT2D eigenvalue weighted by Crippen LogP contribution is -2.66. The minimum atomic E-state index is -2.62. The van der Waals surface area contributed by atoms with Crippen LogP contribution in [0.1, 0.15) is 134 Å². The maximum absolute atomic E-state index is 13.1. The van der Waals surface area contributed by atoms with Crippen molar-refractivity contribution in [3.05, 3.63) is 118 Å². The van der Waals surface area contributed by atoms with Crippen LogP contribution < -0.4 is 10.4 Å². The van der Waals surface area contributed by atoms with Gasteiger partial charge in [0.25, 0.3) is 8.32 Å². The van der Waals surface area contributed by atoms with Crippen LogP contribution in [0.4, 0.5) is 0 Å². The second-order valence-corrected chi connectivity index (χ2v) is 28.0. The summed E-state index contributed by atoms with van der Waals surface area (Å²) in [5, 5.41) is 2.81. The SMILES string of the molecule is CC(C)=CCC/C(=C/CC/C(C)=C/C[C@@H]1CCC(=O)C(CC/C(C)=C/CO[Si](C)(C)C(C)(C)C)=C1C)CO[Si](c1ccccc1)(c1ccccc1)C(C)(C)C. The lowest BCUT2D eigenvalue weighted by molar-refractivity contribution is -0.116. The van der Waals surface area contributed by atoms with Crippen LogP contribution in [-0.2, 0) is 13.6 Å². The fraction of sp³-hybridized carbons (Fsp3) is 0.540. The first-order valence-electron chi connectivity index (χ1n) is 21.0. The summed E-state index contributed by atoms with van der Waals surface area (Å²) in [4.78, 5) is 13.1. The Morgan fingerprint density at radius 2 is 1.29 bits per heavy atom. The van der Waals surface area contributed by atoms with Gasteiger partial charge in [-0.1, -0.05) is 149 Å². The lowest BCUT2D eigenvalue weighted by Gasteiger charge is -2.43. The molecule has 2 aromatic rings. The van der Waals surface area contributed by atoms with Gasteiger partial charge in [0.15, 0.2) is 14.1 Å². The smallest absolute Gasteiger partial charge is 0.261 e. The van der Waals surface area contributed by atoms with Gasteiger partial charge in [0.1, 0.15) is 0 Å². The van der Waals surface area contributed by atoms with Crippen molar-refractivity contribution in [2.45, 2.75) is 157 Å². The van der Waals surface area contributed by atoms with Crippen LogP contribution in [0, 0.1) is 5.92 Å². The van der Waals surface area contributed by atoms with Crippen LogP contribution >= 0.6 is 0 Å². The van der Waals surface area contributed by atoms with Crippen molar-refractivity contribution < 1.29 is 13.6 Å². The second-order valence-electron chi connectivity index (χ2n) is 18.9. The van der Waals surface area contributed by atoms with Crippen molar-refractivity contribution in [1.29, 1.82) is 0 Å². The summed E-state index contributed by atoms with van der Waals surface area (Å²) >= 11 is 0. The van der Waals surface area contributed by atoms with Crippen molar-refractivity contribution in [3.8, 4) is 0 Å². The average molecular weight is 781 g/mol. The van der Waals surface area contributed by atoms with Crippen LogP contribution in [0.15, 0.2) is 118 Å². The lowest BCUT2D eigenvalue weighted by atomic mass is 9.79. The van der Waals surface area contributed by atoms with Crippen molar-refractivity contribution in [3.63, 3.8) is 0 Å². The number of ketones is 1. The molecule has 3 rings (SSSR count). The van der Waals surface area contributed by atoms with E-state index in [0.29, 0.717) is 31.3 Å². The van der Waals surface area contributed by atoms with Crippen LogP contribution in [0.25, 0.3) is 0 Å². The molecule has 0 bridgehead atoms. The topological polar surface area (TPSA) is 35.5 Å². The van der Waals surface area contributed by atoms with Crippen LogP contribution in [0.3, 0.4) is 0 Å². The van der Waals surface area contributed by atoms with Gasteiger partial charge in [-0.15, -0.1) is 0 Å². The van der Waals surface area contributed by atoms with Gasteiger partial charge in [-0.3, -0.25) is 4.79 Å². The summed E-state index contributed by atoms with van der Waals surface area (Å²) < 4.78 is 13.7. The Labute approximate surface area is 339 Å². The molecule has 0 aliphatic heterocycles. The maximum Gasteiger partial charge on any atom is 0.261 e. The van der Waals surface area contributed by atoms with Gasteiger partial charge < -0.3 is 8.85 Å². The molecule has 0 saturated carbocycles. The molecule has 1 aliphatic carbocycles. The molecule has 55 heavy (non-hydrogen) atoms. The van der Waals surface area contributed by atoms with Gasteiger partial charge in [-0.05, 0) is 137 Å². The number of benzene rings is 2. The number of rotatable bonds is 19. The molecule has 0 N–H and O–H groups in total. The summed E-state index contributed by atoms with van der Waals surface area (Å²) in [6.07, 6.45) is 18.0. The molecule has 5 heteroatoms. The normalized spacial score (nSPS) is 16.9. The van der Waals surface area contributed by atoms with Crippen LogP contribution in [-0.4, -0.2) is 35.6 Å². The molecule has 0 aromatic heterocycles. The van der Waals surface area contributed by atoms with Gasteiger partial charge in [0.2, 0.25) is 0 Å². The third-order valence-corrected chi connectivity index (χ3v) is 21.7. The van der Waals surface area contributed by atoms with Gasteiger partial charge >= 0.3 is 0 Å². The Morgan fingerprint density at radius 1 is 0.727 bits per heavy atom. The highest BCUT2D eigenvalue weighted by Gasteiger charge is 2.50. The number of hydrogen-bond acceptors (Lipinski definition) is 3. The van der Waals surface area contributed by atoms with E-state index < -0.39 is 16.6 Å². The molecule has 0 saturated heterocycles. The number of allylic oxidation sites excluding steroid dienone is 8. The predicted molar refractivity (Wildman–Crippen MR) is 244 cm³/mol. The highest BCUT2D eigenvalue weighted by Crippen LogP contribution is 2.38.